The van der Waals surface area contributed by atoms with Crippen LogP contribution in [0.25, 0.3) is 0 Å². The Morgan fingerprint density at radius 2 is 1.96 bits per heavy atom. The molecule has 3 rings (SSSR count). The molecule has 2 N–H and O–H groups in total. The van der Waals surface area contributed by atoms with Crippen LogP contribution in [0.3, 0.4) is 0 Å². The molecule has 0 saturated carbocycles. The highest BCUT2D eigenvalue weighted by atomic mass is 19.1. The molecule has 1 aliphatic heterocycles. The first kappa shape index (κ1) is 17.9. The van der Waals surface area contributed by atoms with Crippen molar-refractivity contribution in [3.63, 3.8) is 0 Å². The SMILES string of the molecule is CC(=O)N1CCc2cc(NC(C)C(=O)Nc3cc(F)ccc3C)ccc21. The number of aryl methyl sites for hydroxylation is 1. The summed E-state index contributed by atoms with van der Waals surface area (Å²) in [6.07, 6.45) is 0.799. The van der Waals surface area contributed by atoms with Gasteiger partial charge in [-0.05, 0) is 61.7 Å². The maximum Gasteiger partial charge on any atom is 0.246 e. The second-order valence-corrected chi connectivity index (χ2v) is 6.58. The molecule has 0 radical (unpaired) electrons. The topological polar surface area (TPSA) is 61.4 Å². The van der Waals surface area contributed by atoms with E-state index in [0.717, 1.165) is 28.9 Å². The van der Waals surface area contributed by atoms with E-state index >= 15 is 0 Å². The zero-order valence-corrected chi connectivity index (χ0v) is 15.1. The molecular weight excluding hydrogens is 333 g/mol. The van der Waals surface area contributed by atoms with Crippen LogP contribution in [0.1, 0.15) is 25.0 Å². The van der Waals surface area contributed by atoms with Crippen LogP contribution in [0.4, 0.5) is 21.5 Å². The third-order valence-electron chi connectivity index (χ3n) is 4.59. The number of nitrogens with one attached hydrogen (secondary N) is 2. The van der Waals surface area contributed by atoms with E-state index in [1.165, 1.54) is 12.1 Å². The molecule has 0 aliphatic carbocycles. The number of hydrogen-bond acceptors (Lipinski definition) is 3. The van der Waals surface area contributed by atoms with Crippen LogP contribution in [0.2, 0.25) is 0 Å². The normalized spacial score (nSPS) is 13.9. The van der Waals surface area contributed by atoms with Gasteiger partial charge in [0.05, 0.1) is 0 Å². The third-order valence-corrected chi connectivity index (χ3v) is 4.59. The lowest BCUT2D eigenvalue weighted by atomic mass is 10.1. The summed E-state index contributed by atoms with van der Waals surface area (Å²) >= 11 is 0. The minimum atomic E-state index is -0.499. The monoisotopic (exact) mass is 355 g/mol. The molecule has 0 spiro atoms. The molecule has 26 heavy (non-hydrogen) atoms. The van der Waals surface area contributed by atoms with E-state index in [-0.39, 0.29) is 17.6 Å². The molecule has 5 nitrogen and oxygen atoms in total. The van der Waals surface area contributed by atoms with Crippen molar-refractivity contribution in [1.29, 1.82) is 0 Å². The van der Waals surface area contributed by atoms with Crippen LogP contribution in [0, 0.1) is 12.7 Å². The summed E-state index contributed by atoms with van der Waals surface area (Å²) in [7, 11) is 0. The van der Waals surface area contributed by atoms with E-state index in [0.29, 0.717) is 12.2 Å². The summed E-state index contributed by atoms with van der Waals surface area (Å²) in [5, 5.41) is 5.91. The van der Waals surface area contributed by atoms with Crippen LogP contribution in [-0.2, 0) is 16.0 Å². The number of rotatable bonds is 4. The lowest BCUT2D eigenvalue weighted by molar-refractivity contribution is -0.117. The first-order valence-corrected chi connectivity index (χ1v) is 8.59. The minimum absolute atomic E-state index is 0.0302. The predicted octanol–water partition coefficient (Wildman–Crippen LogP) is 3.48. The standard InChI is InChI=1S/C20H22FN3O2/c1-12-4-5-16(21)11-18(12)23-20(26)13(2)22-17-6-7-19-15(10-17)8-9-24(19)14(3)25/h4-7,10-11,13,22H,8-9H2,1-3H3,(H,23,26). The maximum atomic E-state index is 13.4. The number of carbonyl (C=O) groups is 2. The third kappa shape index (κ3) is 3.69. The van der Waals surface area contributed by atoms with Gasteiger partial charge in [-0.3, -0.25) is 9.59 Å². The van der Waals surface area contributed by atoms with Crippen LogP contribution in [-0.4, -0.2) is 24.4 Å². The molecule has 0 bridgehead atoms. The first-order valence-electron chi connectivity index (χ1n) is 8.59. The largest absolute Gasteiger partial charge is 0.374 e. The minimum Gasteiger partial charge on any atom is -0.374 e. The molecule has 0 aromatic heterocycles. The van der Waals surface area contributed by atoms with Crippen LogP contribution in [0.15, 0.2) is 36.4 Å². The maximum absolute atomic E-state index is 13.4. The molecule has 2 aromatic carbocycles. The molecule has 1 heterocycles. The Hall–Kier alpha value is -2.89. The summed E-state index contributed by atoms with van der Waals surface area (Å²) < 4.78 is 13.4. The van der Waals surface area contributed by atoms with Crippen LogP contribution < -0.4 is 15.5 Å². The van der Waals surface area contributed by atoms with Gasteiger partial charge < -0.3 is 15.5 Å². The Morgan fingerprint density at radius 3 is 2.69 bits per heavy atom. The number of halogens is 1. The van der Waals surface area contributed by atoms with Crippen molar-refractivity contribution < 1.29 is 14.0 Å². The van der Waals surface area contributed by atoms with E-state index in [1.54, 1.807) is 24.8 Å². The Labute approximate surface area is 152 Å². The van der Waals surface area contributed by atoms with E-state index in [9.17, 15) is 14.0 Å². The van der Waals surface area contributed by atoms with Gasteiger partial charge >= 0.3 is 0 Å². The summed E-state index contributed by atoms with van der Waals surface area (Å²) in [4.78, 5) is 25.8. The Balaban J connectivity index is 1.68. The van der Waals surface area contributed by atoms with E-state index in [1.807, 2.05) is 25.1 Å². The van der Waals surface area contributed by atoms with Gasteiger partial charge in [0.2, 0.25) is 11.8 Å². The molecular formula is C20H22FN3O2. The molecule has 2 aromatic rings. The van der Waals surface area contributed by atoms with Crippen molar-refractivity contribution in [2.75, 3.05) is 22.1 Å². The van der Waals surface area contributed by atoms with Crippen LogP contribution in [0.5, 0.6) is 0 Å². The van der Waals surface area contributed by atoms with Gasteiger partial charge in [0, 0.05) is 30.5 Å². The van der Waals surface area contributed by atoms with Gasteiger partial charge in [-0.2, -0.15) is 0 Å². The average Bonchev–Trinajstić information content (AvgIpc) is 3.01. The zero-order valence-electron chi connectivity index (χ0n) is 15.1. The van der Waals surface area contributed by atoms with Gasteiger partial charge in [0.15, 0.2) is 0 Å². The van der Waals surface area contributed by atoms with Gasteiger partial charge in [-0.25, -0.2) is 4.39 Å². The number of anilines is 3. The van der Waals surface area contributed by atoms with E-state index in [2.05, 4.69) is 10.6 Å². The number of carbonyl (C=O) groups excluding carboxylic acids is 2. The van der Waals surface area contributed by atoms with Crippen molar-refractivity contribution in [2.24, 2.45) is 0 Å². The first-order chi connectivity index (χ1) is 12.3. The fourth-order valence-corrected chi connectivity index (χ4v) is 3.10. The predicted molar refractivity (Wildman–Crippen MR) is 101 cm³/mol. The highest BCUT2D eigenvalue weighted by Gasteiger charge is 2.22. The fourth-order valence-electron chi connectivity index (χ4n) is 3.10. The van der Waals surface area contributed by atoms with Crippen molar-refractivity contribution in [1.82, 2.24) is 0 Å². The summed E-state index contributed by atoms with van der Waals surface area (Å²) in [6, 6.07) is 9.53. The summed E-state index contributed by atoms with van der Waals surface area (Å²) in [6.45, 7) is 5.80. The Kier molecular flexibility index (Phi) is 4.93. The molecule has 1 atom stereocenters. The molecule has 1 unspecified atom stereocenters. The molecule has 0 fully saturated rings. The quantitative estimate of drug-likeness (QED) is 0.883. The second-order valence-electron chi connectivity index (χ2n) is 6.58. The molecule has 2 amide bonds. The van der Waals surface area contributed by atoms with E-state index < -0.39 is 6.04 Å². The fraction of sp³-hybridized carbons (Fsp3) is 0.300. The van der Waals surface area contributed by atoms with Gasteiger partial charge in [0.1, 0.15) is 11.9 Å². The number of amides is 2. The average molecular weight is 355 g/mol. The van der Waals surface area contributed by atoms with Gasteiger partial charge in [-0.15, -0.1) is 0 Å². The highest BCUT2D eigenvalue weighted by molar-refractivity contribution is 5.97. The second kappa shape index (κ2) is 7.15. The molecule has 0 saturated heterocycles. The molecule has 136 valence electrons. The molecule has 1 aliphatic rings. The highest BCUT2D eigenvalue weighted by Crippen LogP contribution is 2.30. The number of benzene rings is 2. The van der Waals surface area contributed by atoms with Crippen LogP contribution >= 0.6 is 0 Å². The summed E-state index contributed by atoms with van der Waals surface area (Å²) in [5.74, 6) is -0.604. The smallest absolute Gasteiger partial charge is 0.246 e. The summed E-state index contributed by atoms with van der Waals surface area (Å²) in [5.41, 5.74) is 4.09. The van der Waals surface area contributed by atoms with E-state index in [4.69, 9.17) is 0 Å². The Bertz CT molecular complexity index is 866. The molecule has 6 heteroatoms. The van der Waals surface area contributed by atoms with Gasteiger partial charge in [0.25, 0.3) is 0 Å². The number of nitrogens with zero attached hydrogens (tertiary/aromatic N) is 1. The van der Waals surface area contributed by atoms with Crippen molar-refractivity contribution in [3.05, 3.63) is 53.3 Å². The lowest BCUT2D eigenvalue weighted by Crippen LogP contribution is -2.32. The lowest BCUT2D eigenvalue weighted by Gasteiger charge is -2.18. The van der Waals surface area contributed by atoms with Crippen molar-refractivity contribution in [3.8, 4) is 0 Å². The number of hydrogen-bond donors (Lipinski definition) is 2. The van der Waals surface area contributed by atoms with Crippen molar-refractivity contribution >= 4 is 28.9 Å². The Morgan fingerprint density at radius 1 is 1.19 bits per heavy atom. The van der Waals surface area contributed by atoms with Crippen molar-refractivity contribution in [2.45, 2.75) is 33.2 Å². The zero-order chi connectivity index (χ0) is 18.8. The van der Waals surface area contributed by atoms with Gasteiger partial charge in [-0.1, -0.05) is 6.07 Å². The number of fused-ring (bicyclic) bond motifs is 1.